The highest BCUT2D eigenvalue weighted by Gasteiger charge is 2.26. The Morgan fingerprint density at radius 3 is 2.68 bits per heavy atom. The van der Waals surface area contributed by atoms with Crippen molar-refractivity contribution in [3.8, 4) is 28.5 Å². The van der Waals surface area contributed by atoms with E-state index >= 15 is 0 Å². The van der Waals surface area contributed by atoms with Gasteiger partial charge in [-0.05, 0) is 23.8 Å². The molecular formula is C21H15F2N7O. The van der Waals surface area contributed by atoms with Crippen LogP contribution in [0.3, 0.4) is 0 Å². The monoisotopic (exact) mass is 419 g/mol. The maximum absolute atomic E-state index is 13.9. The average molecular weight is 419 g/mol. The summed E-state index contributed by atoms with van der Waals surface area (Å²) in [5, 5.41) is 8.08. The standard InChI is InChI=1S/C21H15F2N7O/c22-19(23)18-17(11-26-30(18)16-4-6-24-7-5-16)21-27-20(28-31-21)15-3-1-2-14(10-15)12-29-9-8-25-13-29/h1-11,13,19H,12H2. The second-order valence-corrected chi connectivity index (χ2v) is 6.72. The fourth-order valence-electron chi connectivity index (χ4n) is 3.27. The minimum atomic E-state index is -2.79. The minimum absolute atomic E-state index is 0.0226. The second-order valence-electron chi connectivity index (χ2n) is 6.72. The van der Waals surface area contributed by atoms with Crippen molar-refractivity contribution in [2.75, 3.05) is 0 Å². The molecule has 5 rings (SSSR count). The number of imidazole rings is 1. The Hall–Kier alpha value is -4.21. The molecule has 0 amide bonds. The van der Waals surface area contributed by atoms with E-state index in [1.165, 1.54) is 18.6 Å². The van der Waals surface area contributed by atoms with Gasteiger partial charge in [0.2, 0.25) is 5.82 Å². The van der Waals surface area contributed by atoms with Crippen LogP contribution in [0.15, 0.2) is 78.2 Å². The van der Waals surface area contributed by atoms with E-state index in [1.807, 2.05) is 35.0 Å². The zero-order valence-corrected chi connectivity index (χ0v) is 16.0. The van der Waals surface area contributed by atoms with Gasteiger partial charge in [-0.25, -0.2) is 18.4 Å². The van der Waals surface area contributed by atoms with Gasteiger partial charge in [-0.15, -0.1) is 0 Å². The Labute approximate surface area is 174 Å². The van der Waals surface area contributed by atoms with Crippen molar-refractivity contribution in [1.82, 2.24) is 34.5 Å². The van der Waals surface area contributed by atoms with E-state index in [4.69, 9.17) is 4.52 Å². The maximum atomic E-state index is 13.9. The molecule has 0 saturated carbocycles. The maximum Gasteiger partial charge on any atom is 0.281 e. The van der Waals surface area contributed by atoms with Gasteiger partial charge in [-0.3, -0.25) is 4.98 Å². The lowest BCUT2D eigenvalue weighted by atomic mass is 10.1. The van der Waals surface area contributed by atoms with Crippen LogP contribution in [0.1, 0.15) is 17.7 Å². The zero-order chi connectivity index (χ0) is 21.2. The van der Waals surface area contributed by atoms with Crippen molar-refractivity contribution in [3.05, 3.63) is 85.0 Å². The van der Waals surface area contributed by atoms with E-state index in [-0.39, 0.29) is 17.1 Å². The summed E-state index contributed by atoms with van der Waals surface area (Å²) in [4.78, 5) is 12.3. The van der Waals surface area contributed by atoms with Crippen molar-refractivity contribution in [1.29, 1.82) is 0 Å². The summed E-state index contributed by atoms with van der Waals surface area (Å²) >= 11 is 0. The summed E-state index contributed by atoms with van der Waals surface area (Å²) in [5.74, 6) is 0.282. The molecular weight excluding hydrogens is 404 g/mol. The van der Waals surface area contributed by atoms with Gasteiger partial charge >= 0.3 is 0 Å². The smallest absolute Gasteiger partial charge is 0.281 e. The number of pyridine rings is 1. The Kier molecular flexibility index (Phi) is 4.79. The molecule has 10 heteroatoms. The van der Waals surface area contributed by atoms with E-state index in [9.17, 15) is 8.78 Å². The van der Waals surface area contributed by atoms with Crippen molar-refractivity contribution in [2.45, 2.75) is 13.0 Å². The van der Waals surface area contributed by atoms with E-state index in [0.717, 1.165) is 10.2 Å². The third-order valence-corrected chi connectivity index (χ3v) is 4.69. The molecule has 0 aliphatic carbocycles. The van der Waals surface area contributed by atoms with Crippen LogP contribution in [0.2, 0.25) is 0 Å². The van der Waals surface area contributed by atoms with Gasteiger partial charge < -0.3 is 9.09 Å². The first-order chi connectivity index (χ1) is 15.2. The molecule has 31 heavy (non-hydrogen) atoms. The molecule has 0 saturated heterocycles. The van der Waals surface area contributed by atoms with Crippen LogP contribution < -0.4 is 0 Å². The van der Waals surface area contributed by atoms with Gasteiger partial charge in [0.25, 0.3) is 12.3 Å². The number of hydrogen-bond donors (Lipinski definition) is 0. The number of alkyl halides is 2. The Balaban J connectivity index is 1.48. The van der Waals surface area contributed by atoms with Crippen LogP contribution >= 0.6 is 0 Å². The van der Waals surface area contributed by atoms with E-state index in [0.29, 0.717) is 23.6 Å². The number of nitrogens with zero attached hydrogens (tertiary/aromatic N) is 7. The molecule has 0 N–H and O–H groups in total. The SMILES string of the molecule is FC(F)c1c(-c2nc(-c3cccc(Cn4ccnc4)c3)no2)cnn1-c1ccncc1. The lowest BCUT2D eigenvalue weighted by Crippen LogP contribution is -2.03. The molecule has 0 atom stereocenters. The summed E-state index contributed by atoms with van der Waals surface area (Å²) in [6.45, 7) is 0.632. The number of benzene rings is 1. The van der Waals surface area contributed by atoms with Crippen molar-refractivity contribution < 1.29 is 13.3 Å². The lowest BCUT2D eigenvalue weighted by molar-refractivity contribution is 0.143. The molecule has 5 aromatic rings. The topological polar surface area (TPSA) is 87.5 Å². The molecule has 4 heterocycles. The second kappa shape index (κ2) is 7.90. The first-order valence-corrected chi connectivity index (χ1v) is 9.34. The quantitative estimate of drug-likeness (QED) is 0.411. The van der Waals surface area contributed by atoms with Crippen LogP contribution in [0.4, 0.5) is 8.78 Å². The van der Waals surface area contributed by atoms with E-state index in [1.54, 1.807) is 24.7 Å². The zero-order valence-electron chi connectivity index (χ0n) is 16.0. The van der Waals surface area contributed by atoms with Crippen molar-refractivity contribution in [3.63, 3.8) is 0 Å². The van der Waals surface area contributed by atoms with Gasteiger partial charge in [-0.1, -0.05) is 23.4 Å². The Morgan fingerprint density at radius 2 is 1.90 bits per heavy atom. The average Bonchev–Trinajstić information content (AvgIpc) is 3.54. The fraction of sp³-hybridized carbons (Fsp3) is 0.0952. The van der Waals surface area contributed by atoms with Crippen LogP contribution in [-0.2, 0) is 6.54 Å². The van der Waals surface area contributed by atoms with Crippen LogP contribution in [-0.4, -0.2) is 34.5 Å². The number of hydrogen-bond acceptors (Lipinski definition) is 6. The predicted molar refractivity (Wildman–Crippen MR) is 106 cm³/mol. The molecule has 4 aromatic heterocycles. The molecule has 0 bridgehead atoms. The molecule has 0 fully saturated rings. The first kappa shape index (κ1) is 18.8. The third-order valence-electron chi connectivity index (χ3n) is 4.69. The summed E-state index contributed by atoms with van der Waals surface area (Å²) in [6, 6.07) is 10.8. The highest BCUT2D eigenvalue weighted by molar-refractivity contribution is 5.62. The van der Waals surface area contributed by atoms with E-state index in [2.05, 4.69) is 25.2 Å². The molecule has 1 aromatic carbocycles. The predicted octanol–water partition coefficient (Wildman–Crippen LogP) is 4.17. The highest BCUT2D eigenvalue weighted by atomic mass is 19.3. The molecule has 8 nitrogen and oxygen atoms in total. The Bertz CT molecular complexity index is 1300. The van der Waals surface area contributed by atoms with Crippen LogP contribution in [0.5, 0.6) is 0 Å². The van der Waals surface area contributed by atoms with Crippen LogP contribution in [0, 0.1) is 0 Å². The lowest BCUT2D eigenvalue weighted by Gasteiger charge is -2.07. The summed E-state index contributed by atoms with van der Waals surface area (Å²) < 4.78 is 36.2. The van der Waals surface area contributed by atoms with Gasteiger partial charge in [0, 0.05) is 36.9 Å². The molecule has 0 unspecified atom stereocenters. The van der Waals surface area contributed by atoms with Crippen LogP contribution in [0.25, 0.3) is 28.5 Å². The normalized spacial score (nSPS) is 11.3. The molecule has 0 spiro atoms. The molecule has 0 radical (unpaired) electrons. The molecule has 154 valence electrons. The fourth-order valence-corrected chi connectivity index (χ4v) is 3.27. The summed E-state index contributed by atoms with van der Waals surface area (Å²) in [7, 11) is 0. The Morgan fingerprint density at radius 1 is 1.03 bits per heavy atom. The van der Waals surface area contributed by atoms with E-state index < -0.39 is 6.43 Å². The number of aromatic nitrogens is 7. The van der Waals surface area contributed by atoms with Crippen molar-refractivity contribution >= 4 is 0 Å². The number of halogens is 2. The highest BCUT2D eigenvalue weighted by Crippen LogP contribution is 2.33. The summed E-state index contributed by atoms with van der Waals surface area (Å²) in [5.41, 5.74) is 1.95. The van der Waals surface area contributed by atoms with Gasteiger partial charge in [-0.2, -0.15) is 10.1 Å². The largest absolute Gasteiger partial charge is 0.333 e. The molecule has 0 aliphatic heterocycles. The number of rotatable bonds is 6. The van der Waals surface area contributed by atoms with Gasteiger partial charge in [0.15, 0.2) is 0 Å². The first-order valence-electron chi connectivity index (χ1n) is 9.34. The van der Waals surface area contributed by atoms with Gasteiger partial charge in [0.05, 0.1) is 23.8 Å². The van der Waals surface area contributed by atoms with Crippen molar-refractivity contribution in [2.24, 2.45) is 0 Å². The van der Waals surface area contributed by atoms with Gasteiger partial charge in [0.1, 0.15) is 5.69 Å². The summed E-state index contributed by atoms with van der Waals surface area (Å²) in [6.07, 6.45) is 6.83. The molecule has 0 aliphatic rings. The minimum Gasteiger partial charge on any atom is -0.333 e. The third kappa shape index (κ3) is 3.70.